The Hall–Kier alpha value is 0.0500. The Balaban J connectivity index is 2.30. The Labute approximate surface area is 130 Å². The van der Waals surface area contributed by atoms with E-state index in [1.807, 2.05) is 0 Å². The first-order valence-electron chi connectivity index (χ1n) is 5.94. The number of halogens is 2. The summed E-state index contributed by atoms with van der Waals surface area (Å²) < 4.78 is 33.3. The second-order valence-corrected chi connectivity index (χ2v) is 8.18. The zero-order valence-corrected chi connectivity index (χ0v) is 14.5. The van der Waals surface area contributed by atoms with Crippen LogP contribution in [0.3, 0.4) is 0 Å². The molecule has 0 bridgehead atoms. The van der Waals surface area contributed by atoms with Gasteiger partial charge in [-0.2, -0.15) is 4.31 Å². The molecule has 7 heteroatoms. The van der Waals surface area contributed by atoms with Crippen LogP contribution in [0, 0.1) is 0 Å². The van der Waals surface area contributed by atoms with Gasteiger partial charge in [0.15, 0.2) is 0 Å². The molecule has 106 valence electrons. The molecule has 0 aliphatic carbocycles. The molecule has 0 N–H and O–H groups in total. The first-order chi connectivity index (χ1) is 8.93. The number of ether oxygens (including phenoxy) is 1. The van der Waals surface area contributed by atoms with Gasteiger partial charge in [-0.3, -0.25) is 0 Å². The van der Waals surface area contributed by atoms with Crippen molar-refractivity contribution in [2.24, 2.45) is 0 Å². The third kappa shape index (κ3) is 3.39. The van der Waals surface area contributed by atoms with Crippen LogP contribution in [0.4, 0.5) is 0 Å². The van der Waals surface area contributed by atoms with Crippen LogP contribution in [0.15, 0.2) is 32.0 Å². The largest absolute Gasteiger partial charge is 0.381 e. The molecule has 0 unspecified atom stereocenters. The van der Waals surface area contributed by atoms with E-state index >= 15 is 0 Å². The summed E-state index contributed by atoms with van der Waals surface area (Å²) in [4.78, 5) is 0.296. The maximum absolute atomic E-state index is 12.6. The fraction of sp³-hybridized carbons (Fsp3) is 0.500. The first-order valence-corrected chi connectivity index (χ1v) is 8.96. The molecule has 1 aromatic rings. The minimum atomic E-state index is -3.48. The van der Waals surface area contributed by atoms with Crippen molar-refractivity contribution in [3.8, 4) is 0 Å². The topological polar surface area (TPSA) is 46.6 Å². The molecule has 1 aromatic carbocycles. The van der Waals surface area contributed by atoms with Crippen LogP contribution in [0.25, 0.3) is 0 Å². The Morgan fingerprint density at radius 3 is 2.47 bits per heavy atom. The molecule has 1 heterocycles. The average molecular weight is 413 g/mol. The molecule has 1 fully saturated rings. The Morgan fingerprint density at radius 2 is 1.89 bits per heavy atom. The van der Waals surface area contributed by atoms with Crippen molar-refractivity contribution in [3.05, 3.63) is 27.1 Å². The molecule has 0 atom stereocenters. The van der Waals surface area contributed by atoms with Crippen molar-refractivity contribution < 1.29 is 13.2 Å². The highest BCUT2D eigenvalue weighted by Crippen LogP contribution is 2.29. The Bertz CT molecular complexity index is 556. The quantitative estimate of drug-likeness (QED) is 0.766. The molecular formula is C12H15Br2NO3S. The van der Waals surface area contributed by atoms with E-state index in [2.05, 4.69) is 31.9 Å². The number of sulfonamides is 1. The van der Waals surface area contributed by atoms with Crippen LogP contribution in [0.2, 0.25) is 0 Å². The number of benzene rings is 1. The lowest BCUT2D eigenvalue weighted by Crippen LogP contribution is -2.40. The number of rotatable bonds is 3. The predicted molar refractivity (Wildman–Crippen MR) is 80.6 cm³/mol. The molecule has 1 saturated heterocycles. The van der Waals surface area contributed by atoms with E-state index in [1.54, 1.807) is 25.2 Å². The molecule has 0 amide bonds. The molecule has 4 nitrogen and oxygen atoms in total. The summed E-state index contributed by atoms with van der Waals surface area (Å²) in [7, 11) is -1.84. The molecule has 0 aromatic heterocycles. The second kappa shape index (κ2) is 6.22. The minimum absolute atomic E-state index is 0.00861. The SMILES string of the molecule is CN(C1CCOCC1)S(=O)(=O)c1ccc(Br)cc1Br. The molecule has 2 rings (SSSR count). The van der Waals surface area contributed by atoms with Gasteiger partial charge in [-0.25, -0.2) is 8.42 Å². The zero-order valence-electron chi connectivity index (χ0n) is 10.5. The van der Waals surface area contributed by atoms with E-state index in [-0.39, 0.29) is 6.04 Å². The third-order valence-corrected chi connectivity index (χ3v) is 6.64. The van der Waals surface area contributed by atoms with Crippen LogP contribution < -0.4 is 0 Å². The molecule has 19 heavy (non-hydrogen) atoms. The third-order valence-electron chi connectivity index (χ3n) is 3.26. The van der Waals surface area contributed by atoms with Gasteiger partial charge in [0, 0.05) is 35.2 Å². The standard InChI is InChI=1S/C12H15Br2NO3S/c1-15(10-4-6-18-7-5-10)19(16,17)12-3-2-9(13)8-11(12)14/h2-3,8,10H,4-7H2,1H3. The van der Waals surface area contributed by atoms with E-state index in [9.17, 15) is 8.42 Å². The summed E-state index contributed by atoms with van der Waals surface area (Å²) in [6.45, 7) is 1.23. The van der Waals surface area contributed by atoms with E-state index in [1.165, 1.54) is 4.31 Å². The van der Waals surface area contributed by atoms with Gasteiger partial charge in [0.25, 0.3) is 0 Å². The normalized spacial score (nSPS) is 17.9. The first kappa shape index (κ1) is 15.4. The van der Waals surface area contributed by atoms with E-state index in [0.717, 1.165) is 17.3 Å². The fourth-order valence-corrected chi connectivity index (χ4v) is 5.20. The highest BCUT2D eigenvalue weighted by molar-refractivity contribution is 9.11. The summed E-state index contributed by atoms with van der Waals surface area (Å²) in [5.74, 6) is 0. The van der Waals surface area contributed by atoms with Crippen molar-refractivity contribution in [2.45, 2.75) is 23.8 Å². The smallest absolute Gasteiger partial charge is 0.244 e. The van der Waals surface area contributed by atoms with Gasteiger partial charge >= 0.3 is 0 Å². The zero-order chi connectivity index (χ0) is 14.0. The van der Waals surface area contributed by atoms with Gasteiger partial charge < -0.3 is 4.74 Å². The highest BCUT2D eigenvalue weighted by Gasteiger charge is 2.30. The van der Waals surface area contributed by atoms with Crippen molar-refractivity contribution in [1.29, 1.82) is 0 Å². The summed E-state index contributed by atoms with van der Waals surface area (Å²) in [5, 5.41) is 0. The summed E-state index contributed by atoms with van der Waals surface area (Å²) in [6, 6.07) is 5.09. The van der Waals surface area contributed by atoms with E-state index < -0.39 is 10.0 Å². The van der Waals surface area contributed by atoms with Crippen LogP contribution >= 0.6 is 31.9 Å². The minimum Gasteiger partial charge on any atom is -0.381 e. The molecule has 0 saturated carbocycles. The lowest BCUT2D eigenvalue weighted by molar-refractivity contribution is 0.0632. The summed E-state index contributed by atoms with van der Waals surface area (Å²) in [6.07, 6.45) is 1.48. The van der Waals surface area contributed by atoms with Gasteiger partial charge in [0.05, 0.1) is 4.90 Å². The maximum Gasteiger partial charge on any atom is 0.244 e. The summed E-state index contributed by atoms with van der Waals surface area (Å²) >= 11 is 6.64. The Kier molecular flexibility index (Phi) is 5.05. The monoisotopic (exact) mass is 411 g/mol. The maximum atomic E-state index is 12.6. The average Bonchev–Trinajstić information content (AvgIpc) is 2.38. The Morgan fingerprint density at radius 1 is 1.26 bits per heavy atom. The van der Waals surface area contributed by atoms with Gasteiger partial charge in [-0.15, -0.1) is 0 Å². The second-order valence-electron chi connectivity index (χ2n) is 4.44. The molecule has 0 spiro atoms. The van der Waals surface area contributed by atoms with Crippen molar-refractivity contribution in [2.75, 3.05) is 20.3 Å². The molecular weight excluding hydrogens is 398 g/mol. The van der Waals surface area contributed by atoms with Crippen LogP contribution in [-0.2, 0) is 14.8 Å². The number of nitrogens with zero attached hydrogens (tertiary/aromatic N) is 1. The van der Waals surface area contributed by atoms with Crippen LogP contribution in [0.5, 0.6) is 0 Å². The van der Waals surface area contributed by atoms with Gasteiger partial charge in [-0.05, 0) is 47.0 Å². The van der Waals surface area contributed by atoms with Crippen LogP contribution in [-0.4, -0.2) is 39.0 Å². The van der Waals surface area contributed by atoms with Gasteiger partial charge in [-0.1, -0.05) is 15.9 Å². The van der Waals surface area contributed by atoms with Crippen molar-refractivity contribution in [3.63, 3.8) is 0 Å². The fourth-order valence-electron chi connectivity index (χ4n) is 2.08. The number of hydrogen-bond donors (Lipinski definition) is 0. The summed E-state index contributed by atoms with van der Waals surface area (Å²) in [5.41, 5.74) is 0. The molecule has 1 aliphatic rings. The molecule has 0 radical (unpaired) electrons. The van der Waals surface area contributed by atoms with Crippen molar-refractivity contribution in [1.82, 2.24) is 4.31 Å². The van der Waals surface area contributed by atoms with Gasteiger partial charge in [0.2, 0.25) is 10.0 Å². The highest BCUT2D eigenvalue weighted by atomic mass is 79.9. The van der Waals surface area contributed by atoms with Crippen molar-refractivity contribution >= 4 is 41.9 Å². The lowest BCUT2D eigenvalue weighted by atomic mass is 10.1. The molecule has 1 aliphatic heterocycles. The number of hydrogen-bond acceptors (Lipinski definition) is 3. The van der Waals surface area contributed by atoms with E-state index in [4.69, 9.17) is 4.74 Å². The predicted octanol–water partition coefficient (Wildman–Crippen LogP) is 3.01. The van der Waals surface area contributed by atoms with E-state index in [0.29, 0.717) is 22.6 Å². The van der Waals surface area contributed by atoms with Crippen LogP contribution in [0.1, 0.15) is 12.8 Å². The van der Waals surface area contributed by atoms with Gasteiger partial charge in [0.1, 0.15) is 0 Å². The lowest BCUT2D eigenvalue weighted by Gasteiger charge is -2.30.